The fourth-order valence-electron chi connectivity index (χ4n) is 10.2. The smallest absolute Gasteiger partial charge is 0.416 e. The molecule has 2 aromatic heterocycles. The Balaban J connectivity index is 0.751. The average Bonchev–Trinajstić information content (AvgIpc) is 1.18. The molecule has 8 aromatic rings. The van der Waals surface area contributed by atoms with E-state index in [1.54, 1.807) is 110 Å². The van der Waals surface area contributed by atoms with Crippen LogP contribution in [0.25, 0.3) is 34.4 Å². The third-order valence-electron chi connectivity index (χ3n) is 15.2. The van der Waals surface area contributed by atoms with Crippen molar-refractivity contribution in [3.8, 4) is 33.8 Å². The molecule has 0 fully saturated rings. The highest BCUT2D eigenvalue weighted by Gasteiger charge is 2.34. The molecule has 2 amide bonds. The second kappa shape index (κ2) is 35.2. The number of aryl methyl sites for hydroxylation is 4. The third-order valence-corrected chi connectivity index (χ3v) is 17.8. The summed E-state index contributed by atoms with van der Waals surface area (Å²) in [5, 5.41) is 5.35. The van der Waals surface area contributed by atoms with E-state index in [2.05, 4.69) is 41.4 Å². The maximum absolute atomic E-state index is 14.2. The summed E-state index contributed by atoms with van der Waals surface area (Å²) < 4.78 is 139. The number of alkyl halides is 6. The number of hydrogen-bond donors (Lipinski definition) is 2. The molecule has 0 aliphatic heterocycles. The molecule has 8 rings (SSSR count). The molecule has 14 nitrogen and oxygen atoms in total. The first-order valence-corrected chi connectivity index (χ1v) is 34.0. The molecule has 0 unspecified atom stereocenters. The highest BCUT2D eigenvalue weighted by Crippen LogP contribution is 2.37. The minimum absolute atomic E-state index is 0.177. The predicted molar refractivity (Wildman–Crippen MR) is 357 cm³/mol. The Labute approximate surface area is 549 Å². The van der Waals surface area contributed by atoms with Crippen molar-refractivity contribution in [2.75, 3.05) is 50.3 Å². The Morgan fingerprint density at radius 3 is 1.39 bits per heavy atom. The van der Waals surface area contributed by atoms with Crippen LogP contribution in [-0.2, 0) is 84.0 Å². The number of amides is 2. The van der Waals surface area contributed by atoms with Gasteiger partial charge in [-0.1, -0.05) is 70.0 Å². The highest BCUT2D eigenvalue weighted by atomic mass is 32.2. The van der Waals surface area contributed by atoms with Gasteiger partial charge in [-0.2, -0.15) is 26.3 Å². The maximum Gasteiger partial charge on any atom is 0.416 e. The van der Waals surface area contributed by atoms with E-state index >= 15 is 0 Å². The van der Waals surface area contributed by atoms with Crippen LogP contribution in [0.1, 0.15) is 111 Å². The molecule has 498 valence electrons. The normalized spacial score (nSPS) is 12.6. The fraction of sp³-hybridized carbons (Fsp3) is 0.333. The molecule has 0 aliphatic carbocycles. The van der Waals surface area contributed by atoms with Gasteiger partial charge in [0, 0.05) is 59.6 Å². The number of carbonyl (C=O) groups is 2. The minimum atomic E-state index is -4.68. The van der Waals surface area contributed by atoms with E-state index in [1.165, 1.54) is 24.3 Å². The lowest BCUT2D eigenvalue weighted by molar-refractivity contribution is -0.138. The molecule has 94 heavy (non-hydrogen) atoms. The summed E-state index contributed by atoms with van der Waals surface area (Å²) in [7, 11) is -2.84. The number of unbranched alkanes of at least 4 members (excludes halogenated alkanes) is 3. The Morgan fingerprint density at radius 2 is 0.936 bits per heavy atom. The first-order chi connectivity index (χ1) is 45.3. The van der Waals surface area contributed by atoms with Crippen molar-refractivity contribution in [1.29, 1.82) is 0 Å². The van der Waals surface area contributed by atoms with Crippen LogP contribution in [0.15, 0.2) is 168 Å². The molecule has 0 radical (unpaired) electrons. The first kappa shape index (κ1) is 71.4. The van der Waals surface area contributed by atoms with E-state index in [4.69, 9.17) is 18.9 Å². The van der Waals surface area contributed by atoms with Crippen LogP contribution in [0.3, 0.4) is 0 Å². The lowest BCUT2D eigenvalue weighted by atomic mass is 9.98. The average molecular weight is 1330 g/mol. The molecule has 0 saturated heterocycles. The van der Waals surface area contributed by atoms with Gasteiger partial charge in [-0.15, -0.1) is 0 Å². The predicted octanol–water partition coefficient (Wildman–Crippen LogP) is 16.5. The van der Waals surface area contributed by atoms with E-state index in [0.29, 0.717) is 101 Å². The standard InChI is InChI=1S/C72H78F6N6O8S2/c1-5-8-39-89-41-43-91-60-25-13-52(14-26-60)54-17-33-65(72(76,77)78)57(45-54)20-36-70(86)82-59-23-31-63(32-24-59)94(88)48-68-66(80-50-84(68)38-7-3)12-10-9-11-40-90-42-44-92-61-27-15-53(16-28-61)55-18-34-64(71(73,74)75)56(46-55)19-35-69(85)81-58-21-29-62(30-22-58)93(87)47-67-51(4)79-49-83(67)37-6-2/h13-36,45-46,49-50H,5-12,37-44,47-48H2,1-4H3,(H,81,85)(H,82,86)/b35-19+,36-20+/t93-,94+/m1/s1. The van der Waals surface area contributed by atoms with Gasteiger partial charge in [0.15, 0.2) is 0 Å². The van der Waals surface area contributed by atoms with Crippen molar-refractivity contribution in [2.24, 2.45) is 0 Å². The van der Waals surface area contributed by atoms with Gasteiger partial charge in [0.2, 0.25) is 11.8 Å². The van der Waals surface area contributed by atoms with Gasteiger partial charge < -0.3 is 38.7 Å². The fourth-order valence-corrected chi connectivity index (χ4v) is 12.6. The SMILES string of the molecule is CCCCOCCOc1ccc(-c2ccc(C(F)(F)F)c(/C=C/C(=O)Nc3ccc([S@@](=O)Cc4c(CCCCCOCCOc5ccc(-c6ccc(C(F)(F)F)c(/C=C/C(=O)Nc7ccc([S@](=O)Cc8c(C)ncn8CCC)cc7)c6)cc5)ncn4CCC)cc3)c2)cc1. The number of anilines is 2. The lowest BCUT2D eigenvalue weighted by Crippen LogP contribution is -2.10. The van der Waals surface area contributed by atoms with E-state index in [0.717, 1.165) is 111 Å². The number of benzene rings is 6. The quantitative estimate of drug-likeness (QED) is 0.0222. The number of aromatic nitrogens is 4. The van der Waals surface area contributed by atoms with Crippen molar-refractivity contribution in [2.45, 2.75) is 126 Å². The molecule has 2 heterocycles. The van der Waals surface area contributed by atoms with Crippen LogP contribution in [0.2, 0.25) is 0 Å². The number of imidazole rings is 2. The van der Waals surface area contributed by atoms with E-state index in [1.807, 2.05) is 16.1 Å². The summed E-state index contributed by atoms with van der Waals surface area (Å²) in [5.41, 5.74) is 4.40. The number of nitrogens with zero attached hydrogens (tertiary/aromatic N) is 4. The molecule has 6 aromatic carbocycles. The monoisotopic (exact) mass is 1330 g/mol. The van der Waals surface area contributed by atoms with Crippen LogP contribution in [-0.4, -0.2) is 79.0 Å². The molecular formula is C72H78F6N6O8S2. The van der Waals surface area contributed by atoms with Gasteiger partial charge in [-0.05, 0) is 188 Å². The molecular weight excluding hydrogens is 1250 g/mol. The minimum Gasteiger partial charge on any atom is -0.491 e. The highest BCUT2D eigenvalue weighted by molar-refractivity contribution is 7.84. The van der Waals surface area contributed by atoms with Crippen molar-refractivity contribution in [3.05, 3.63) is 203 Å². The van der Waals surface area contributed by atoms with Gasteiger partial charge in [0.25, 0.3) is 0 Å². The zero-order valence-corrected chi connectivity index (χ0v) is 54.7. The van der Waals surface area contributed by atoms with Crippen LogP contribution >= 0.6 is 0 Å². The van der Waals surface area contributed by atoms with Crippen molar-refractivity contribution >= 4 is 56.9 Å². The Hall–Kier alpha value is -8.44. The summed E-state index contributed by atoms with van der Waals surface area (Å²) in [5.74, 6) is 0.371. The number of nitrogens with one attached hydrogen (secondary N) is 2. The Bertz CT molecular complexity index is 3870. The summed E-state index contributed by atoms with van der Waals surface area (Å²) in [4.78, 5) is 36.1. The summed E-state index contributed by atoms with van der Waals surface area (Å²) in [6, 6.07) is 34.4. The summed E-state index contributed by atoms with van der Waals surface area (Å²) in [6.07, 6.45) is 5.45. The molecule has 2 N–H and O–H groups in total. The van der Waals surface area contributed by atoms with E-state index in [9.17, 15) is 44.3 Å². The van der Waals surface area contributed by atoms with Gasteiger partial charge in [0.1, 0.15) is 24.7 Å². The van der Waals surface area contributed by atoms with Crippen LogP contribution in [0, 0.1) is 6.92 Å². The van der Waals surface area contributed by atoms with Crippen molar-refractivity contribution in [1.82, 2.24) is 19.1 Å². The lowest BCUT2D eigenvalue weighted by Gasteiger charge is -2.13. The van der Waals surface area contributed by atoms with Gasteiger partial charge in [-0.25, -0.2) is 9.97 Å². The van der Waals surface area contributed by atoms with Crippen molar-refractivity contribution in [3.63, 3.8) is 0 Å². The van der Waals surface area contributed by atoms with Gasteiger partial charge >= 0.3 is 12.4 Å². The number of rotatable bonds is 35. The molecule has 0 saturated carbocycles. The van der Waals surface area contributed by atoms with Crippen LogP contribution in [0.4, 0.5) is 37.7 Å². The maximum atomic E-state index is 14.2. The topological polar surface area (TPSA) is 165 Å². The second-order valence-electron chi connectivity index (χ2n) is 22.2. The van der Waals surface area contributed by atoms with Gasteiger partial charge in [0.05, 0.1) is 92.9 Å². The molecule has 0 spiro atoms. The number of hydrogen-bond acceptors (Lipinski definition) is 10. The third kappa shape index (κ3) is 21.3. The summed E-state index contributed by atoms with van der Waals surface area (Å²) >= 11 is 0. The zero-order valence-electron chi connectivity index (χ0n) is 53.0. The number of halogens is 6. The Kier molecular flexibility index (Phi) is 26.7. The Morgan fingerprint density at radius 1 is 0.500 bits per heavy atom. The van der Waals surface area contributed by atoms with Crippen LogP contribution in [0.5, 0.6) is 11.5 Å². The van der Waals surface area contributed by atoms with Gasteiger partial charge in [-0.3, -0.25) is 18.0 Å². The second-order valence-corrected chi connectivity index (χ2v) is 25.1. The number of carbonyl (C=O) groups excluding carboxylic acids is 2. The molecule has 2 atom stereocenters. The summed E-state index contributed by atoms with van der Waals surface area (Å²) in [6.45, 7) is 12.1. The number of ether oxygens (including phenoxy) is 4. The van der Waals surface area contributed by atoms with Crippen molar-refractivity contribution < 1.29 is 63.3 Å². The van der Waals surface area contributed by atoms with Crippen LogP contribution < -0.4 is 20.1 Å². The zero-order chi connectivity index (χ0) is 67.0. The van der Waals surface area contributed by atoms with E-state index in [-0.39, 0.29) is 29.2 Å². The molecule has 0 aliphatic rings. The molecule has 0 bridgehead atoms. The largest absolute Gasteiger partial charge is 0.491 e. The molecule has 22 heteroatoms. The van der Waals surface area contributed by atoms with E-state index < -0.39 is 56.9 Å². The first-order valence-electron chi connectivity index (χ1n) is 31.3.